The minimum absolute atomic E-state index is 0.0404. The van der Waals surface area contributed by atoms with Crippen molar-refractivity contribution in [2.75, 3.05) is 0 Å². The highest BCUT2D eigenvalue weighted by Gasteiger charge is 2.43. The van der Waals surface area contributed by atoms with Crippen molar-refractivity contribution in [2.24, 2.45) is 0 Å². The molecule has 8 heteroatoms. The van der Waals surface area contributed by atoms with Gasteiger partial charge in [-0.05, 0) is 12.1 Å². The van der Waals surface area contributed by atoms with E-state index in [1.807, 2.05) is 0 Å². The maximum atomic E-state index is 12.8. The minimum atomic E-state index is -3.64. The molecule has 0 unspecified atom stereocenters. The molecule has 1 aliphatic carbocycles. The predicted molar refractivity (Wildman–Crippen MR) is 61.2 cm³/mol. The van der Waals surface area contributed by atoms with E-state index in [1.165, 1.54) is 18.2 Å². The molecule has 1 aliphatic heterocycles. The number of nitrogens with one attached hydrogen (secondary N) is 1. The molecule has 3 rings (SSSR count). The summed E-state index contributed by atoms with van der Waals surface area (Å²) in [5.74, 6) is 0.261. The molecule has 1 heterocycles. The third kappa shape index (κ3) is 2.54. The van der Waals surface area contributed by atoms with Crippen molar-refractivity contribution in [1.29, 1.82) is 0 Å². The van der Waals surface area contributed by atoms with Crippen molar-refractivity contribution >= 4 is 6.09 Å². The second kappa shape index (κ2) is 4.39. The molecule has 108 valence electrons. The van der Waals surface area contributed by atoms with E-state index >= 15 is 0 Å². The number of carboxylic acid groups (broad SMARTS) is 1. The average Bonchev–Trinajstić information content (AvgIpc) is 2.58. The molecule has 1 fully saturated rings. The number of carbonyl (C=O) groups is 1. The number of hydrogen-bond acceptors (Lipinski definition) is 4. The van der Waals surface area contributed by atoms with Gasteiger partial charge in [-0.15, -0.1) is 8.78 Å². The minimum Gasteiger partial charge on any atom is -0.490 e. The summed E-state index contributed by atoms with van der Waals surface area (Å²) in [5, 5.41) is 10.9. The highest BCUT2D eigenvalue weighted by Crippen LogP contribution is 2.43. The summed E-state index contributed by atoms with van der Waals surface area (Å²) < 4.78 is 39.8. The van der Waals surface area contributed by atoms with Gasteiger partial charge in [-0.25, -0.2) is 4.79 Å². The zero-order valence-corrected chi connectivity index (χ0v) is 10.1. The Hall–Kier alpha value is -2.25. The van der Waals surface area contributed by atoms with E-state index in [0.29, 0.717) is 18.6 Å². The number of hydrogen-bond donors (Lipinski definition) is 2. The fourth-order valence-electron chi connectivity index (χ4n) is 2.15. The Morgan fingerprint density at radius 2 is 2.05 bits per heavy atom. The normalized spacial score (nSPS) is 25.7. The molecule has 2 N–H and O–H groups in total. The van der Waals surface area contributed by atoms with Crippen LogP contribution in [0.5, 0.6) is 17.2 Å². The highest BCUT2D eigenvalue weighted by molar-refractivity contribution is 5.65. The quantitative estimate of drug-likeness (QED) is 0.891. The zero-order valence-electron chi connectivity index (χ0n) is 10.1. The van der Waals surface area contributed by atoms with Crippen LogP contribution in [0.1, 0.15) is 12.8 Å². The second-order valence-electron chi connectivity index (χ2n) is 4.63. The van der Waals surface area contributed by atoms with Crippen LogP contribution >= 0.6 is 0 Å². The fraction of sp³-hybridized carbons (Fsp3) is 0.417. The lowest BCUT2D eigenvalue weighted by atomic mass is 9.89. The fourth-order valence-corrected chi connectivity index (χ4v) is 2.15. The summed E-state index contributed by atoms with van der Waals surface area (Å²) in [4.78, 5) is 10.4. The Bertz CT molecular complexity index is 545. The first kappa shape index (κ1) is 12.8. The van der Waals surface area contributed by atoms with Gasteiger partial charge in [0.15, 0.2) is 11.5 Å². The molecule has 1 aromatic carbocycles. The third-order valence-electron chi connectivity index (χ3n) is 3.10. The third-order valence-corrected chi connectivity index (χ3v) is 3.10. The van der Waals surface area contributed by atoms with Crippen LogP contribution in [0.15, 0.2) is 18.2 Å². The molecule has 0 spiro atoms. The monoisotopic (exact) mass is 287 g/mol. The molecule has 1 aromatic rings. The van der Waals surface area contributed by atoms with Gasteiger partial charge >= 0.3 is 12.4 Å². The predicted octanol–water partition coefficient (Wildman–Crippen LogP) is 2.19. The van der Waals surface area contributed by atoms with Crippen LogP contribution in [0, 0.1) is 0 Å². The number of amides is 1. The molecule has 0 radical (unpaired) electrons. The van der Waals surface area contributed by atoms with Gasteiger partial charge in [-0.1, -0.05) is 0 Å². The Kier molecular flexibility index (Phi) is 2.81. The van der Waals surface area contributed by atoms with Gasteiger partial charge < -0.3 is 24.6 Å². The van der Waals surface area contributed by atoms with Gasteiger partial charge in [-0.3, -0.25) is 0 Å². The molecule has 0 saturated heterocycles. The Morgan fingerprint density at radius 1 is 1.35 bits per heavy atom. The van der Waals surface area contributed by atoms with Crippen LogP contribution in [0.3, 0.4) is 0 Å². The molecular weight excluding hydrogens is 276 g/mol. The lowest BCUT2D eigenvalue weighted by Gasteiger charge is -2.34. The van der Waals surface area contributed by atoms with E-state index in [2.05, 4.69) is 14.8 Å². The summed E-state index contributed by atoms with van der Waals surface area (Å²) in [6.07, 6.45) is -3.78. The smallest absolute Gasteiger partial charge is 0.490 e. The molecule has 1 saturated carbocycles. The average molecular weight is 287 g/mol. The first-order valence-electron chi connectivity index (χ1n) is 5.97. The van der Waals surface area contributed by atoms with Gasteiger partial charge in [0.25, 0.3) is 0 Å². The first-order chi connectivity index (χ1) is 9.41. The SMILES string of the molecule is O=C(O)NC1CC(Oc2ccc3c(c2)OC(F)(F)O3)C1. The highest BCUT2D eigenvalue weighted by atomic mass is 19.3. The van der Waals surface area contributed by atoms with Crippen LogP contribution in [-0.2, 0) is 0 Å². The Labute approximate surface area is 112 Å². The summed E-state index contributed by atoms with van der Waals surface area (Å²) in [6.45, 7) is 0. The lowest BCUT2D eigenvalue weighted by molar-refractivity contribution is -0.286. The van der Waals surface area contributed by atoms with Gasteiger partial charge in [0, 0.05) is 24.9 Å². The maximum absolute atomic E-state index is 12.8. The largest absolute Gasteiger partial charge is 0.586 e. The van der Waals surface area contributed by atoms with E-state index in [9.17, 15) is 13.6 Å². The van der Waals surface area contributed by atoms with Crippen LogP contribution in [0.25, 0.3) is 0 Å². The van der Waals surface area contributed by atoms with Crippen molar-refractivity contribution in [3.05, 3.63) is 18.2 Å². The van der Waals surface area contributed by atoms with Crippen molar-refractivity contribution in [3.8, 4) is 17.2 Å². The number of ether oxygens (including phenoxy) is 3. The van der Waals surface area contributed by atoms with E-state index in [4.69, 9.17) is 9.84 Å². The molecule has 1 amide bonds. The molecule has 0 bridgehead atoms. The topological polar surface area (TPSA) is 77.0 Å². The first-order valence-corrected chi connectivity index (χ1v) is 5.97. The lowest BCUT2D eigenvalue weighted by Crippen LogP contribution is -2.48. The van der Waals surface area contributed by atoms with Crippen LogP contribution < -0.4 is 19.5 Å². The Balaban J connectivity index is 1.57. The van der Waals surface area contributed by atoms with E-state index in [-0.39, 0.29) is 23.6 Å². The summed E-state index contributed by atoms with van der Waals surface area (Å²) >= 11 is 0. The van der Waals surface area contributed by atoms with Crippen molar-refractivity contribution in [2.45, 2.75) is 31.3 Å². The molecular formula is C12H11F2NO5. The zero-order chi connectivity index (χ0) is 14.3. The number of fused-ring (bicyclic) bond motifs is 1. The van der Waals surface area contributed by atoms with E-state index in [0.717, 1.165) is 0 Å². The molecule has 0 aromatic heterocycles. The number of alkyl halides is 2. The van der Waals surface area contributed by atoms with Gasteiger partial charge in [0.1, 0.15) is 11.9 Å². The number of halogens is 2. The van der Waals surface area contributed by atoms with Gasteiger partial charge in [0.2, 0.25) is 0 Å². The van der Waals surface area contributed by atoms with Gasteiger partial charge in [-0.2, -0.15) is 0 Å². The number of rotatable bonds is 3. The van der Waals surface area contributed by atoms with Gasteiger partial charge in [0.05, 0.1) is 0 Å². The molecule has 0 atom stereocenters. The van der Waals surface area contributed by atoms with Crippen molar-refractivity contribution < 1.29 is 32.9 Å². The van der Waals surface area contributed by atoms with Crippen LogP contribution in [-0.4, -0.2) is 29.6 Å². The molecule has 2 aliphatic rings. The second-order valence-corrected chi connectivity index (χ2v) is 4.63. The van der Waals surface area contributed by atoms with E-state index in [1.54, 1.807) is 0 Å². The molecule has 6 nitrogen and oxygen atoms in total. The van der Waals surface area contributed by atoms with Crippen molar-refractivity contribution in [1.82, 2.24) is 5.32 Å². The maximum Gasteiger partial charge on any atom is 0.586 e. The van der Waals surface area contributed by atoms with E-state index < -0.39 is 12.4 Å². The Morgan fingerprint density at radius 3 is 2.75 bits per heavy atom. The number of benzene rings is 1. The molecule has 20 heavy (non-hydrogen) atoms. The standard InChI is InChI=1S/C12H11F2NO5/c13-12(14)19-9-2-1-7(5-10(9)20-12)18-8-3-6(4-8)15-11(16)17/h1-2,5-6,8,15H,3-4H2,(H,16,17). The summed E-state index contributed by atoms with van der Waals surface area (Å²) in [7, 11) is 0. The summed E-state index contributed by atoms with van der Waals surface area (Å²) in [5.41, 5.74) is 0. The van der Waals surface area contributed by atoms with Crippen LogP contribution in [0.2, 0.25) is 0 Å². The van der Waals surface area contributed by atoms with Crippen LogP contribution in [0.4, 0.5) is 13.6 Å². The summed E-state index contributed by atoms with van der Waals surface area (Å²) in [6, 6.07) is 4.04. The van der Waals surface area contributed by atoms with Crippen molar-refractivity contribution in [3.63, 3.8) is 0 Å².